The monoisotopic (exact) mass is 374 g/mol. The lowest BCUT2D eigenvalue weighted by atomic mass is 9.92. The Morgan fingerprint density at radius 3 is 2.73 bits per heavy atom. The van der Waals surface area contributed by atoms with Crippen LogP contribution in [-0.2, 0) is 17.6 Å². The molecule has 1 aliphatic rings. The number of carboxylic acid groups (broad SMARTS) is 1. The van der Waals surface area contributed by atoms with Gasteiger partial charge >= 0.3 is 5.97 Å². The number of aryl methyl sites for hydroxylation is 3. The molecule has 1 heterocycles. The fraction of sp³-hybridized carbons (Fsp3) is 0.421. The Kier molecular flexibility index (Phi) is 5.56. The number of aromatic carboxylic acids is 1. The summed E-state index contributed by atoms with van der Waals surface area (Å²) in [5.74, 6) is -0.563. The lowest BCUT2D eigenvalue weighted by molar-refractivity contribution is -0.123. The molecule has 138 valence electrons. The van der Waals surface area contributed by atoms with Gasteiger partial charge in [-0.1, -0.05) is 6.07 Å². The van der Waals surface area contributed by atoms with Crippen molar-refractivity contribution in [2.24, 2.45) is 0 Å². The van der Waals surface area contributed by atoms with Gasteiger partial charge in [0.2, 0.25) is 0 Å². The molecule has 0 bridgehead atoms. The lowest BCUT2D eigenvalue weighted by Crippen LogP contribution is -2.31. The van der Waals surface area contributed by atoms with Crippen LogP contribution in [0.3, 0.4) is 0 Å². The normalized spacial score (nSPS) is 14.4. The van der Waals surface area contributed by atoms with Crippen molar-refractivity contribution in [1.29, 1.82) is 0 Å². The number of carboxylic acids is 1. The summed E-state index contributed by atoms with van der Waals surface area (Å²) in [5, 5.41) is 12.5. The van der Waals surface area contributed by atoms with Crippen molar-refractivity contribution in [3.05, 3.63) is 44.9 Å². The third-order valence-corrected chi connectivity index (χ3v) is 5.77. The highest BCUT2D eigenvalue weighted by molar-refractivity contribution is 7.13. The standard InChI is InChI=1S/C19H22N2O4S/c1-11-17(19(23)24)26-18(21-11)12(2)20-16(22)10-25-15-8-7-13-5-3-4-6-14(13)9-15/h7-9,12H,3-6,10H2,1-2H3,(H,20,22)(H,23,24). The Bertz CT molecular complexity index is 831. The fourth-order valence-electron chi connectivity index (χ4n) is 3.09. The quantitative estimate of drug-likeness (QED) is 0.810. The van der Waals surface area contributed by atoms with Gasteiger partial charge in [0.1, 0.15) is 15.6 Å². The van der Waals surface area contributed by atoms with Crippen molar-refractivity contribution >= 4 is 23.2 Å². The van der Waals surface area contributed by atoms with E-state index in [9.17, 15) is 9.59 Å². The van der Waals surface area contributed by atoms with Crippen molar-refractivity contribution in [1.82, 2.24) is 10.3 Å². The Hall–Kier alpha value is -2.41. The van der Waals surface area contributed by atoms with E-state index in [0.717, 1.165) is 24.2 Å². The topological polar surface area (TPSA) is 88.5 Å². The summed E-state index contributed by atoms with van der Waals surface area (Å²) in [6, 6.07) is 5.64. The molecule has 3 rings (SSSR count). The molecule has 0 saturated heterocycles. The van der Waals surface area contributed by atoms with Gasteiger partial charge in [0.15, 0.2) is 6.61 Å². The molecule has 2 N–H and O–H groups in total. The minimum atomic E-state index is -1.000. The molecule has 1 aromatic carbocycles. The summed E-state index contributed by atoms with van der Waals surface area (Å²) in [4.78, 5) is 27.7. The Morgan fingerprint density at radius 2 is 2.04 bits per heavy atom. The molecule has 1 aromatic heterocycles. The van der Waals surface area contributed by atoms with Gasteiger partial charge in [-0.3, -0.25) is 4.79 Å². The van der Waals surface area contributed by atoms with Crippen LogP contribution in [0.1, 0.15) is 57.3 Å². The van der Waals surface area contributed by atoms with Gasteiger partial charge in [0.25, 0.3) is 5.91 Å². The van der Waals surface area contributed by atoms with E-state index in [-0.39, 0.29) is 23.4 Å². The van der Waals surface area contributed by atoms with Crippen molar-refractivity contribution in [2.45, 2.75) is 45.6 Å². The second-order valence-electron chi connectivity index (χ2n) is 6.49. The molecule has 0 radical (unpaired) electrons. The van der Waals surface area contributed by atoms with Crippen molar-refractivity contribution in [3.63, 3.8) is 0 Å². The maximum absolute atomic E-state index is 12.1. The van der Waals surface area contributed by atoms with E-state index in [1.807, 2.05) is 12.1 Å². The zero-order valence-corrected chi connectivity index (χ0v) is 15.7. The number of fused-ring (bicyclic) bond motifs is 1. The predicted octanol–water partition coefficient (Wildman–Crippen LogP) is 3.28. The Balaban J connectivity index is 1.55. The number of benzene rings is 1. The number of rotatable bonds is 6. The number of carbonyl (C=O) groups excluding carboxylic acids is 1. The van der Waals surface area contributed by atoms with E-state index < -0.39 is 5.97 Å². The first-order chi connectivity index (χ1) is 12.4. The van der Waals surface area contributed by atoms with E-state index in [1.165, 1.54) is 24.0 Å². The largest absolute Gasteiger partial charge is 0.484 e. The molecule has 0 saturated carbocycles. The molecule has 2 aromatic rings. The fourth-order valence-corrected chi connectivity index (χ4v) is 4.00. The van der Waals surface area contributed by atoms with E-state index in [1.54, 1.807) is 13.8 Å². The van der Waals surface area contributed by atoms with Gasteiger partial charge in [-0.05, 0) is 62.8 Å². The molecule has 1 atom stereocenters. The summed E-state index contributed by atoms with van der Waals surface area (Å²) in [6.45, 7) is 3.34. The molecule has 7 heteroatoms. The summed E-state index contributed by atoms with van der Waals surface area (Å²) in [6.07, 6.45) is 4.59. The van der Waals surface area contributed by atoms with E-state index >= 15 is 0 Å². The van der Waals surface area contributed by atoms with Crippen molar-refractivity contribution in [2.75, 3.05) is 6.61 Å². The molecule has 0 spiro atoms. The minimum absolute atomic E-state index is 0.0841. The van der Waals surface area contributed by atoms with E-state index in [0.29, 0.717) is 16.5 Å². The van der Waals surface area contributed by atoms with Crippen LogP contribution in [0.2, 0.25) is 0 Å². The third kappa shape index (κ3) is 4.22. The van der Waals surface area contributed by atoms with Crippen LogP contribution in [0.4, 0.5) is 0 Å². The summed E-state index contributed by atoms with van der Waals surface area (Å²) >= 11 is 1.08. The molecular formula is C19H22N2O4S. The predicted molar refractivity (Wildman–Crippen MR) is 98.9 cm³/mol. The van der Waals surface area contributed by atoms with Gasteiger partial charge in [0, 0.05) is 0 Å². The Labute approximate surface area is 156 Å². The highest BCUT2D eigenvalue weighted by Gasteiger charge is 2.19. The number of nitrogens with zero attached hydrogens (tertiary/aromatic N) is 1. The van der Waals surface area contributed by atoms with Gasteiger partial charge in [0.05, 0.1) is 11.7 Å². The van der Waals surface area contributed by atoms with Crippen LogP contribution >= 0.6 is 11.3 Å². The number of hydrogen-bond donors (Lipinski definition) is 2. The first kappa shape index (κ1) is 18.4. The maximum atomic E-state index is 12.1. The minimum Gasteiger partial charge on any atom is -0.484 e. The van der Waals surface area contributed by atoms with Gasteiger partial charge in [-0.25, -0.2) is 9.78 Å². The molecular weight excluding hydrogens is 352 g/mol. The molecule has 1 aliphatic carbocycles. The van der Waals surface area contributed by atoms with Crippen LogP contribution in [-0.4, -0.2) is 28.6 Å². The number of thiazole rings is 1. The summed E-state index contributed by atoms with van der Waals surface area (Å²) in [5.41, 5.74) is 3.14. The van der Waals surface area contributed by atoms with Gasteiger partial charge in [-0.15, -0.1) is 11.3 Å². The van der Waals surface area contributed by atoms with Gasteiger partial charge < -0.3 is 15.2 Å². The average molecular weight is 374 g/mol. The van der Waals surface area contributed by atoms with Crippen LogP contribution in [0, 0.1) is 6.92 Å². The first-order valence-electron chi connectivity index (χ1n) is 8.68. The van der Waals surface area contributed by atoms with Gasteiger partial charge in [-0.2, -0.15) is 0 Å². The van der Waals surface area contributed by atoms with Crippen LogP contribution in [0.5, 0.6) is 5.75 Å². The molecule has 6 nitrogen and oxygen atoms in total. The molecule has 1 amide bonds. The van der Waals surface area contributed by atoms with Crippen molar-refractivity contribution < 1.29 is 19.4 Å². The molecule has 0 aliphatic heterocycles. The maximum Gasteiger partial charge on any atom is 0.347 e. The van der Waals surface area contributed by atoms with Crippen molar-refractivity contribution in [3.8, 4) is 5.75 Å². The average Bonchev–Trinajstić information content (AvgIpc) is 3.02. The van der Waals surface area contributed by atoms with Crippen LogP contribution in [0.15, 0.2) is 18.2 Å². The van der Waals surface area contributed by atoms with E-state index in [4.69, 9.17) is 9.84 Å². The highest BCUT2D eigenvalue weighted by Crippen LogP contribution is 2.26. The highest BCUT2D eigenvalue weighted by atomic mass is 32.1. The number of nitrogens with one attached hydrogen (secondary N) is 1. The first-order valence-corrected chi connectivity index (χ1v) is 9.50. The number of aromatic nitrogens is 1. The summed E-state index contributed by atoms with van der Waals surface area (Å²) < 4.78 is 5.61. The van der Waals surface area contributed by atoms with Crippen LogP contribution < -0.4 is 10.1 Å². The Morgan fingerprint density at radius 1 is 1.31 bits per heavy atom. The second kappa shape index (κ2) is 7.86. The smallest absolute Gasteiger partial charge is 0.347 e. The number of ether oxygens (including phenoxy) is 1. The third-order valence-electron chi connectivity index (χ3n) is 4.45. The number of carbonyl (C=O) groups is 2. The van der Waals surface area contributed by atoms with Crippen LogP contribution in [0.25, 0.3) is 0 Å². The van der Waals surface area contributed by atoms with E-state index in [2.05, 4.69) is 16.4 Å². The number of amides is 1. The SMILES string of the molecule is Cc1nc(C(C)NC(=O)COc2ccc3c(c2)CCCC3)sc1C(=O)O. The summed E-state index contributed by atoms with van der Waals surface area (Å²) in [7, 11) is 0. The number of hydrogen-bond acceptors (Lipinski definition) is 5. The molecule has 1 unspecified atom stereocenters. The lowest BCUT2D eigenvalue weighted by Gasteiger charge is -2.17. The zero-order chi connectivity index (χ0) is 18.7. The molecule has 0 fully saturated rings. The molecule has 26 heavy (non-hydrogen) atoms. The second-order valence-corrected chi connectivity index (χ2v) is 7.52. The zero-order valence-electron chi connectivity index (χ0n) is 14.9.